The average Bonchev–Trinajstić information content (AvgIpc) is 3.31. The zero-order valence-electron chi connectivity index (χ0n) is 45.1. The second kappa shape index (κ2) is 34.5. The van der Waals surface area contributed by atoms with E-state index in [1.54, 1.807) is 20.8 Å². The van der Waals surface area contributed by atoms with Gasteiger partial charge in [0.25, 0.3) is 5.91 Å². The molecule has 4 N–H and O–H groups in total. The number of aryl methyl sites for hydroxylation is 1. The molecule has 4 atom stereocenters. The van der Waals surface area contributed by atoms with Gasteiger partial charge >= 0.3 is 41.0 Å². The third kappa shape index (κ3) is 33.0. The Morgan fingerprint density at radius 2 is 1.21 bits per heavy atom. The lowest BCUT2D eigenvalue weighted by molar-refractivity contribution is -0.128. The van der Waals surface area contributed by atoms with E-state index < -0.39 is 45.9 Å². The highest BCUT2D eigenvalue weighted by Crippen LogP contribution is 2.28. The number of aliphatic hydroxyl groups excluding tert-OH is 1. The fourth-order valence-corrected chi connectivity index (χ4v) is 7.67. The second-order valence-corrected chi connectivity index (χ2v) is 23.8. The van der Waals surface area contributed by atoms with E-state index in [9.17, 15) is 38.8 Å². The highest BCUT2D eigenvalue weighted by molar-refractivity contribution is 6.66. The monoisotopic (exact) mass is 1160 g/mol. The summed E-state index contributed by atoms with van der Waals surface area (Å²) in [5.41, 5.74) is 0.0415. The van der Waals surface area contributed by atoms with Crippen molar-refractivity contribution in [3.63, 3.8) is 0 Å². The molecule has 1 aromatic carbocycles. The SMILES string of the molecule is C.CC(C)(C)OC(=O)N1CCC[C@H](CO)C1.CC(C)(C)OC(=O)N1CCC[C@H](COC(=O)Cl)C1.COC(=O)OC(Cl)(Cl)Cl.[C-]#[N+]C(=CC(C)(C)C)C(=O)N1CCC[C@H](COC(=O)N[C@@H](Cc2ccc(C)cc2)B(O)O)C1. The van der Waals surface area contributed by atoms with Crippen LogP contribution in [-0.2, 0) is 39.6 Å². The van der Waals surface area contributed by atoms with E-state index in [0.717, 1.165) is 63.3 Å². The van der Waals surface area contributed by atoms with Gasteiger partial charge in [0.2, 0.25) is 5.70 Å². The van der Waals surface area contributed by atoms with E-state index in [1.165, 1.54) is 0 Å². The van der Waals surface area contributed by atoms with Crippen molar-refractivity contribution in [3.05, 3.63) is 58.6 Å². The van der Waals surface area contributed by atoms with Crippen LogP contribution in [0.15, 0.2) is 36.0 Å². The highest BCUT2D eigenvalue weighted by atomic mass is 35.6. The summed E-state index contributed by atoms with van der Waals surface area (Å²) >= 11 is 20.2. The number of hydrogen-bond donors (Lipinski definition) is 4. The van der Waals surface area contributed by atoms with Gasteiger partial charge in [0.1, 0.15) is 11.2 Å². The summed E-state index contributed by atoms with van der Waals surface area (Å²) < 4.78 is 26.7. The molecule has 76 heavy (non-hydrogen) atoms. The molecule has 4 rings (SSSR count). The zero-order valence-corrected chi connectivity index (χ0v) is 48.2. The largest absolute Gasteiger partial charge is 0.511 e. The van der Waals surface area contributed by atoms with Gasteiger partial charge in [0, 0.05) is 69.3 Å². The summed E-state index contributed by atoms with van der Waals surface area (Å²) in [7, 11) is -0.623. The number of halogens is 4. The molecule has 3 heterocycles. The predicted molar refractivity (Wildman–Crippen MR) is 293 cm³/mol. The molecule has 3 aliphatic rings. The summed E-state index contributed by atoms with van der Waals surface area (Å²) in [6.07, 6.45) is 4.88. The molecule has 4 amide bonds. The molecular weight excluding hydrogens is 1080 g/mol. The van der Waals surface area contributed by atoms with Gasteiger partial charge in [-0.3, -0.25) is 4.79 Å². The first-order valence-electron chi connectivity index (χ1n) is 24.6. The molecule has 3 aliphatic heterocycles. The Labute approximate surface area is 470 Å². The summed E-state index contributed by atoms with van der Waals surface area (Å²) in [5, 5.41) is 30.9. The first-order valence-corrected chi connectivity index (χ1v) is 26.1. The van der Waals surface area contributed by atoms with E-state index >= 15 is 0 Å². The van der Waals surface area contributed by atoms with Crippen molar-refractivity contribution in [2.24, 2.45) is 23.2 Å². The van der Waals surface area contributed by atoms with Gasteiger partial charge in [-0.2, -0.15) is 0 Å². The summed E-state index contributed by atoms with van der Waals surface area (Å²) in [5.74, 6) is -0.908. The number of nitrogens with one attached hydrogen (secondary N) is 1. The van der Waals surface area contributed by atoms with Gasteiger partial charge in [-0.15, -0.1) is 0 Å². The molecule has 25 heteroatoms. The molecule has 0 spiro atoms. The van der Waals surface area contributed by atoms with Crippen molar-refractivity contribution in [2.75, 3.05) is 66.2 Å². The summed E-state index contributed by atoms with van der Waals surface area (Å²) in [6.45, 7) is 30.3. The number of rotatable bonds is 10. The minimum Gasteiger partial charge on any atom is -0.453 e. The Morgan fingerprint density at radius 1 is 0.763 bits per heavy atom. The van der Waals surface area contributed by atoms with Gasteiger partial charge in [0.15, 0.2) is 0 Å². The maximum absolute atomic E-state index is 12.8. The van der Waals surface area contributed by atoms with E-state index in [-0.39, 0.29) is 80.6 Å². The van der Waals surface area contributed by atoms with Crippen molar-refractivity contribution >= 4 is 89.3 Å². The van der Waals surface area contributed by atoms with Crippen LogP contribution in [0.4, 0.5) is 24.0 Å². The molecule has 0 saturated carbocycles. The number of aliphatic hydroxyl groups is 1. The second-order valence-electron chi connectivity index (χ2n) is 21.3. The van der Waals surface area contributed by atoms with Crippen molar-refractivity contribution in [3.8, 4) is 0 Å². The number of allylic oxidation sites excluding steroid dienone is 1. The van der Waals surface area contributed by atoms with Crippen LogP contribution in [0.3, 0.4) is 0 Å². The Kier molecular flexibility index (Phi) is 32.4. The predicted octanol–water partition coefficient (Wildman–Crippen LogP) is 10.1. The molecule has 3 fully saturated rings. The normalized spacial score (nSPS) is 18.2. The minimum atomic E-state index is -2.03. The van der Waals surface area contributed by atoms with Crippen LogP contribution in [0.5, 0.6) is 0 Å². The topological polar surface area (TPSA) is 245 Å². The van der Waals surface area contributed by atoms with Crippen molar-refractivity contribution < 1.29 is 72.3 Å². The van der Waals surface area contributed by atoms with Crippen LogP contribution in [0, 0.1) is 36.7 Å². The quantitative estimate of drug-likeness (QED) is 0.0324. The van der Waals surface area contributed by atoms with Gasteiger partial charge in [0.05, 0.1) is 32.8 Å². The lowest BCUT2D eigenvalue weighted by Gasteiger charge is -2.33. The first-order chi connectivity index (χ1) is 34.6. The first kappa shape index (κ1) is 71.6. The summed E-state index contributed by atoms with van der Waals surface area (Å²) in [4.78, 5) is 77.7. The lowest BCUT2D eigenvalue weighted by Crippen LogP contribution is -2.48. The molecule has 0 unspecified atom stereocenters. The van der Waals surface area contributed by atoms with Gasteiger partial charge in [-0.05, 0) is 145 Å². The van der Waals surface area contributed by atoms with Gasteiger partial charge in [-0.1, -0.05) is 64.1 Å². The molecular formula is C51H82BCl4N5O15. The molecule has 0 radical (unpaired) electrons. The maximum Gasteiger partial charge on any atom is 0.511 e. The van der Waals surface area contributed by atoms with Crippen LogP contribution in [0.2, 0.25) is 0 Å². The number of piperidine rings is 3. The molecule has 3 saturated heterocycles. The highest BCUT2D eigenvalue weighted by Gasteiger charge is 2.32. The molecule has 0 aromatic heterocycles. The Bertz CT molecular complexity index is 2040. The third-order valence-electron chi connectivity index (χ3n) is 10.8. The number of hydrogen-bond acceptors (Lipinski definition) is 15. The van der Waals surface area contributed by atoms with Crippen LogP contribution in [0.25, 0.3) is 4.85 Å². The van der Waals surface area contributed by atoms with Crippen molar-refractivity contribution in [1.82, 2.24) is 20.0 Å². The molecule has 20 nitrogen and oxygen atoms in total. The van der Waals surface area contributed by atoms with Crippen LogP contribution >= 0.6 is 46.4 Å². The Morgan fingerprint density at radius 3 is 1.61 bits per heavy atom. The smallest absolute Gasteiger partial charge is 0.453 e. The number of likely N-dealkylation sites (tertiary alicyclic amines) is 3. The molecule has 0 aliphatic carbocycles. The molecule has 432 valence electrons. The van der Waals surface area contributed by atoms with E-state index in [4.69, 9.17) is 77.0 Å². The van der Waals surface area contributed by atoms with Crippen LogP contribution in [0.1, 0.15) is 119 Å². The Balaban J connectivity index is 0.00000110. The maximum atomic E-state index is 12.8. The standard InChI is InChI=1S/C24H34BN3O5.C12H20ClNO4.C11H21NO3.C3H3Cl3O3.CH4/c1-17-8-10-18(11-9-17)13-21(25(31)32)27-23(30)33-16-19-7-6-12-28(15-19)22(29)20(26-5)14-24(2,3)4;1-12(2,3)18-11(16)14-6-4-5-9(7-14)8-17-10(13)15;1-11(2,3)15-10(14)12-6-4-5-9(7-12)8-13;1-8-2(7)9-3(4,5)6;/h8-11,14,19,21,31-32H,6-7,12-13,15-16H2,1-4H3,(H,27,30);9H,4-8H2,1-3H3;9,13H,4-8H2,1-3H3;1H3;1H4/t19-,21-;2*9-;;/m000../s1. The number of methoxy groups -OCH3 is 1. The van der Waals surface area contributed by atoms with E-state index in [2.05, 4.69) is 19.6 Å². The fourth-order valence-electron chi connectivity index (χ4n) is 7.41. The van der Waals surface area contributed by atoms with Crippen LogP contribution < -0.4 is 5.32 Å². The van der Waals surface area contributed by atoms with E-state index in [0.29, 0.717) is 32.7 Å². The third-order valence-corrected chi connectivity index (χ3v) is 11.1. The zero-order chi connectivity index (χ0) is 57.3. The number of ether oxygens (including phenoxy) is 6. The number of benzene rings is 1. The lowest BCUT2D eigenvalue weighted by atomic mass is 9.76. The number of amides is 4. The van der Waals surface area contributed by atoms with Gasteiger partial charge < -0.3 is 63.6 Å². The Hall–Kier alpha value is -4.43. The number of alkyl carbamates (subject to hydrolysis) is 1. The summed E-state index contributed by atoms with van der Waals surface area (Å²) in [6, 6.07) is 7.58. The number of carbonyl (C=O) groups excluding carboxylic acids is 6. The van der Waals surface area contributed by atoms with Crippen molar-refractivity contribution in [1.29, 1.82) is 0 Å². The molecule has 0 bridgehead atoms. The average molecular weight is 1160 g/mol. The minimum absolute atomic E-state index is 0. The van der Waals surface area contributed by atoms with Gasteiger partial charge in [-0.25, -0.2) is 28.8 Å². The fraction of sp³-hybridized carbons (Fsp3) is 0.706. The molecule has 1 aromatic rings. The van der Waals surface area contributed by atoms with E-state index in [1.807, 2.05) is 93.5 Å². The number of alkyl halides is 3. The number of carbonyl (C=O) groups is 6. The van der Waals surface area contributed by atoms with Crippen molar-refractivity contribution in [2.45, 2.75) is 143 Å². The number of nitrogens with zero attached hydrogens (tertiary/aromatic N) is 4. The van der Waals surface area contributed by atoms with Crippen LogP contribution in [-0.4, -0.2) is 160 Å².